The van der Waals surface area contributed by atoms with E-state index < -0.39 is 5.95 Å². The number of rotatable bonds is 3. The Balaban J connectivity index is 2.39. The second-order valence-electron chi connectivity index (χ2n) is 4.47. The predicted octanol–water partition coefficient (Wildman–Crippen LogP) is 3.04. The van der Waals surface area contributed by atoms with Gasteiger partial charge in [0, 0.05) is 12.3 Å². The van der Waals surface area contributed by atoms with Crippen LogP contribution in [0.5, 0.6) is 5.75 Å². The molecule has 0 aliphatic heterocycles. The van der Waals surface area contributed by atoms with Crippen molar-refractivity contribution in [1.29, 1.82) is 0 Å². The average molecular weight is 197 g/mol. The predicted molar refractivity (Wildman–Crippen MR) is 53.8 cm³/mol. The summed E-state index contributed by atoms with van der Waals surface area (Å²) in [6, 6.07) is 2.95. The molecular formula is C11H16FNO. The molecule has 0 saturated carbocycles. The average Bonchev–Trinajstić information content (AvgIpc) is 2.01. The highest BCUT2D eigenvalue weighted by molar-refractivity contribution is 5.17. The normalized spacial score (nSPS) is 11.4. The van der Waals surface area contributed by atoms with Crippen LogP contribution in [0.15, 0.2) is 18.3 Å². The van der Waals surface area contributed by atoms with Crippen molar-refractivity contribution >= 4 is 0 Å². The molecule has 0 saturated heterocycles. The molecule has 14 heavy (non-hydrogen) atoms. The second kappa shape index (κ2) is 4.40. The van der Waals surface area contributed by atoms with Gasteiger partial charge in [-0.05, 0) is 17.9 Å². The van der Waals surface area contributed by atoms with E-state index in [1.807, 2.05) is 0 Å². The van der Waals surface area contributed by atoms with Gasteiger partial charge < -0.3 is 4.74 Å². The molecule has 1 aromatic rings. The maximum absolute atomic E-state index is 12.6. The number of aromatic nitrogens is 1. The van der Waals surface area contributed by atoms with Crippen LogP contribution in [0.2, 0.25) is 0 Å². The van der Waals surface area contributed by atoms with Gasteiger partial charge >= 0.3 is 0 Å². The Morgan fingerprint density at radius 3 is 2.71 bits per heavy atom. The van der Waals surface area contributed by atoms with E-state index in [1.165, 1.54) is 12.3 Å². The largest absolute Gasteiger partial charge is 0.493 e. The summed E-state index contributed by atoms with van der Waals surface area (Å²) in [5, 5.41) is 0. The van der Waals surface area contributed by atoms with Crippen molar-refractivity contribution in [2.75, 3.05) is 6.61 Å². The van der Waals surface area contributed by atoms with Gasteiger partial charge in [0.25, 0.3) is 0 Å². The third kappa shape index (κ3) is 4.21. The van der Waals surface area contributed by atoms with E-state index in [0.29, 0.717) is 12.4 Å². The Morgan fingerprint density at radius 1 is 1.43 bits per heavy atom. The first-order valence-corrected chi connectivity index (χ1v) is 4.72. The molecular weight excluding hydrogens is 181 g/mol. The summed E-state index contributed by atoms with van der Waals surface area (Å²) in [5.41, 5.74) is 0.242. The van der Waals surface area contributed by atoms with Gasteiger partial charge in [0.1, 0.15) is 5.75 Å². The molecule has 0 fully saturated rings. The number of pyridine rings is 1. The first-order chi connectivity index (χ1) is 6.47. The van der Waals surface area contributed by atoms with E-state index in [4.69, 9.17) is 4.74 Å². The topological polar surface area (TPSA) is 22.1 Å². The van der Waals surface area contributed by atoms with Gasteiger partial charge in [0.15, 0.2) is 0 Å². The Kier molecular flexibility index (Phi) is 3.44. The van der Waals surface area contributed by atoms with E-state index in [2.05, 4.69) is 25.8 Å². The van der Waals surface area contributed by atoms with E-state index >= 15 is 0 Å². The Labute approximate surface area is 84.1 Å². The Bertz CT molecular complexity index is 294. The summed E-state index contributed by atoms with van der Waals surface area (Å²) in [7, 11) is 0. The molecule has 0 radical (unpaired) electrons. The van der Waals surface area contributed by atoms with Crippen LogP contribution < -0.4 is 4.74 Å². The van der Waals surface area contributed by atoms with Gasteiger partial charge in [0.2, 0.25) is 5.95 Å². The third-order valence-corrected chi connectivity index (χ3v) is 1.82. The Morgan fingerprint density at radius 2 is 2.14 bits per heavy atom. The lowest BCUT2D eigenvalue weighted by molar-refractivity contribution is 0.242. The molecule has 1 rings (SSSR count). The molecule has 0 amide bonds. The highest BCUT2D eigenvalue weighted by atomic mass is 19.1. The van der Waals surface area contributed by atoms with E-state index in [-0.39, 0.29) is 5.41 Å². The van der Waals surface area contributed by atoms with Crippen LogP contribution in [-0.2, 0) is 0 Å². The van der Waals surface area contributed by atoms with Gasteiger partial charge in [-0.2, -0.15) is 4.39 Å². The van der Waals surface area contributed by atoms with Gasteiger partial charge in [-0.3, -0.25) is 0 Å². The van der Waals surface area contributed by atoms with Crippen molar-refractivity contribution in [3.8, 4) is 5.75 Å². The molecule has 1 heterocycles. The van der Waals surface area contributed by atoms with Crippen LogP contribution in [0, 0.1) is 11.4 Å². The zero-order valence-corrected chi connectivity index (χ0v) is 8.88. The van der Waals surface area contributed by atoms with Crippen molar-refractivity contribution in [3.05, 3.63) is 24.3 Å². The molecule has 0 bridgehead atoms. The van der Waals surface area contributed by atoms with Crippen LogP contribution in [-0.4, -0.2) is 11.6 Å². The highest BCUT2D eigenvalue weighted by Gasteiger charge is 2.09. The molecule has 0 N–H and O–H groups in total. The van der Waals surface area contributed by atoms with Crippen LogP contribution in [0.25, 0.3) is 0 Å². The fraction of sp³-hybridized carbons (Fsp3) is 0.545. The molecule has 3 heteroatoms. The summed E-state index contributed by atoms with van der Waals surface area (Å²) in [6.45, 7) is 7.03. The highest BCUT2D eigenvalue weighted by Crippen LogP contribution is 2.19. The molecule has 78 valence electrons. The maximum atomic E-state index is 12.6. The third-order valence-electron chi connectivity index (χ3n) is 1.82. The summed E-state index contributed by atoms with van der Waals surface area (Å²) in [6.07, 6.45) is 2.35. The fourth-order valence-corrected chi connectivity index (χ4v) is 0.950. The number of nitrogens with zero attached hydrogens (tertiary/aromatic N) is 1. The Hall–Kier alpha value is -1.12. The van der Waals surface area contributed by atoms with Crippen molar-refractivity contribution < 1.29 is 9.13 Å². The van der Waals surface area contributed by atoms with Gasteiger partial charge in [0.05, 0.1) is 6.61 Å². The van der Waals surface area contributed by atoms with E-state index in [0.717, 1.165) is 6.42 Å². The smallest absolute Gasteiger partial charge is 0.216 e. The lowest BCUT2D eigenvalue weighted by atomic mass is 9.93. The number of ether oxygens (including phenoxy) is 1. The minimum absolute atomic E-state index is 0.242. The molecule has 0 unspecified atom stereocenters. The second-order valence-corrected chi connectivity index (χ2v) is 4.47. The lowest BCUT2D eigenvalue weighted by Crippen LogP contribution is -2.11. The summed E-state index contributed by atoms with van der Waals surface area (Å²) >= 11 is 0. The molecule has 0 aliphatic rings. The summed E-state index contributed by atoms with van der Waals surface area (Å²) in [4.78, 5) is 3.45. The van der Waals surface area contributed by atoms with Crippen molar-refractivity contribution in [2.45, 2.75) is 27.2 Å². The van der Waals surface area contributed by atoms with Crippen LogP contribution >= 0.6 is 0 Å². The summed E-state index contributed by atoms with van der Waals surface area (Å²) < 4.78 is 18.0. The molecule has 0 aromatic carbocycles. The van der Waals surface area contributed by atoms with E-state index in [1.54, 1.807) is 6.07 Å². The van der Waals surface area contributed by atoms with Gasteiger partial charge in [-0.15, -0.1) is 0 Å². The number of hydrogen-bond donors (Lipinski definition) is 0. The lowest BCUT2D eigenvalue weighted by Gasteiger charge is -2.17. The van der Waals surface area contributed by atoms with Crippen LogP contribution in [0.3, 0.4) is 0 Å². The minimum atomic E-state index is -0.502. The first-order valence-electron chi connectivity index (χ1n) is 4.72. The van der Waals surface area contributed by atoms with Crippen molar-refractivity contribution in [2.24, 2.45) is 5.41 Å². The van der Waals surface area contributed by atoms with Gasteiger partial charge in [-0.1, -0.05) is 20.8 Å². The zero-order valence-electron chi connectivity index (χ0n) is 8.88. The monoisotopic (exact) mass is 197 g/mol. The van der Waals surface area contributed by atoms with Crippen LogP contribution in [0.1, 0.15) is 27.2 Å². The molecule has 0 spiro atoms. The van der Waals surface area contributed by atoms with Crippen LogP contribution in [0.4, 0.5) is 4.39 Å². The van der Waals surface area contributed by atoms with Crippen molar-refractivity contribution in [3.63, 3.8) is 0 Å². The number of halogens is 1. The zero-order chi connectivity index (χ0) is 10.6. The standard InChI is InChI=1S/C11H16FNO/c1-11(2,3)5-7-14-9-4-6-13-10(12)8-9/h4,6,8H,5,7H2,1-3H3. The quantitative estimate of drug-likeness (QED) is 0.695. The van der Waals surface area contributed by atoms with Gasteiger partial charge in [-0.25, -0.2) is 4.98 Å². The summed E-state index contributed by atoms with van der Waals surface area (Å²) in [5.74, 6) is 0.0417. The van der Waals surface area contributed by atoms with Crippen molar-refractivity contribution in [1.82, 2.24) is 4.98 Å². The first kappa shape index (κ1) is 11.0. The molecule has 0 aliphatic carbocycles. The molecule has 0 atom stereocenters. The molecule has 2 nitrogen and oxygen atoms in total. The SMILES string of the molecule is CC(C)(C)CCOc1ccnc(F)c1. The molecule has 1 aromatic heterocycles. The number of hydrogen-bond acceptors (Lipinski definition) is 2. The van der Waals surface area contributed by atoms with E-state index in [9.17, 15) is 4.39 Å². The maximum Gasteiger partial charge on any atom is 0.216 e. The minimum Gasteiger partial charge on any atom is -0.493 e. The fourth-order valence-electron chi connectivity index (χ4n) is 0.950.